The number of H-pyrrole nitrogens is 1. The van der Waals surface area contributed by atoms with Gasteiger partial charge in [0.25, 0.3) is 0 Å². The quantitative estimate of drug-likeness (QED) is 0.862. The van der Waals surface area contributed by atoms with Crippen molar-refractivity contribution < 1.29 is 0 Å². The van der Waals surface area contributed by atoms with E-state index in [1.54, 1.807) is 16.3 Å². The molecular formula is C11H14BrN5OS. The lowest BCUT2D eigenvalue weighted by Gasteiger charge is -2.04. The van der Waals surface area contributed by atoms with Gasteiger partial charge in [-0.25, -0.2) is 9.89 Å². The van der Waals surface area contributed by atoms with E-state index < -0.39 is 0 Å². The second-order valence-corrected chi connectivity index (χ2v) is 6.41. The van der Waals surface area contributed by atoms with E-state index in [1.165, 1.54) is 0 Å². The van der Waals surface area contributed by atoms with E-state index >= 15 is 0 Å². The van der Waals surface area contributed by atoms with Gasteiger partial charge in [-0.15, -0.1) is 5.10 Å². The van der Waals surface area contributed by atoms with Crippen LogP contribution >= 0.6 is 27.7 Å². The summed E-state index contributed by atoms with van der Waals surface area (Å²) in [5.74, 6) is 0.731. The number of aryl methyl sites for hydroxylation is 2. The molecule has 2 heterocycles. The van der Waals surface area contributed by atoms with Crippen molar-refractivity contribution in [3.8, 4) is 0 Å². The standard InChI is InChI=1S/C11H14BrN5OS/c1-6-9(12)8(16(2)15-6)5-19-11-14-13-10(18)17(11)7-3-4-7/h7H,3-5H2,1-2H3,(H,13,18). The first-order chi connectivity index (χ1) is 9.08. The molecule has 0 radical (unpaired) electrons. The number of thioether (sulfide) groups is 1. The molecule has 2 aromatic heterocycles. The fourth-order valence-electron chi connectivity index (χ4n) is 2.02. The molecule has 1 aliphatic rings. The lowest BCUT2D eigenvalue weighted by Crippen LogP contribution is -2.16. The van der Waals surface area contributed by atoms with Crippen molar-refractivity contribution in [1.82, 2.24) is 24.5 Å². The van der Waals surface area contributed by atoms with Crippen LogP contribution in [-0.4, -0.2) is 24.5 Å². The number of aromatic nitrogens is 5. The Hall–Kier alpha value is -1.02. The third kappa shape index (κ3) is 2.38. The zero-order valence-electron chi connectivity index (χ0n) is 10.7. The van der Waals surface area contributed by atoms with Crippen molar-refractivity contribution in [3.63, 3.8) is 0 Å². The fraction of sp³-hybridized carbons (Fsp3) is 0.545. The molecule has 0 atom stereocenters. The normalized spacial score (nSPS) is 15.1. The number of hydrogen-bond donors (Lipinski definition) is 1. The van der Waals surface area contributed by atoms with Crippen LogP contribution in [0.1, 0.15) is 30.3 Å². The summed E-state index contributed by atoms with van der Waals surface area (Å²) in [6.45, 7) is 1.97. The SMILES string of the molecule is Cc1nn(C)c(CSc2n[nH]c(=O)n2C2CC2)c1Br. The molecule has 0 aliphatic heterocycles. The van der Waals surface area contributed by atoms with Crippen molar-refractivity contribution in [3.05, 3.63) is 26.3 Å². The Kier molecular flexibility index (Phi) is 3.30. The summed E-state index contributed by atoms with van der Waals surface area (Å²) in [6.07, 6.45) is 2.14. The number of rotatable bonds is 4. The van der Waals surface area contributed by atoms with Gasteiger partial charge < -0.3 is 0 Å². The molecule has 19 heavy (non-hydrogen) atoms. The second kappa shape index (κ2) is 4.82. The summed E-state index contributed by atoms with van der Waals surface area (Å²) in [5.41, 5.74) is 1.96. The largest absolute Gasteiger partial charge is 0.344 e. The average molecular weight is 344 g/mol. The predicted molar refractivity (Wildman–Crippen MR) is 76.3 cm³/mol. The number of nitrogens with zero attached hydrogens (tertiary/aromatic N) is 4. The molecule has 0 amide bonds. The summed E-state index contributed by atoms with van der Waals surface area (Å²) in [7, 11) is 1.92. The number of aromatic amines is 1. The Bertz CT molecular complexity index is 669. The summed E-state index contributed by atoms with van der Waals surface area (Å²) in [6, 6.07) is 0.338. The third-order valence-corrected chi connectivity index (χ3v) is 5.18. The fourth-order valence-corrected chi connectivity index (χ4v) is 3.76. The number of halogens is 1. The van der Waals surface area contributed by atoms with Crippen LogP contribution in [0.3, 0.4) is 0 Å². The summed E-state index contributed by atoms with van der Waals surface area (Å²) in [4.78, 5) is 11.7. The second-order valence-electron chi connectivity index (χ2n) is 4.67. The van der Waals surface area contributed by atoms with Crippen molar-refractivity contribution in [2.24, 2.45) is 7.05 Å². The first kappa shape index (κ1) is 13.0. The van der Waals surface area contributed by atoms with Crippen molar-refractivity contribution in [2.45, 2.75) is 36.7 Å². The summed E-state index contributed by atoms with van der Waals surface area (Å²) < 4.78 is 4.65. The van der Waals surface area contributed by atoms with E-state index in [-0.39, 0.29) is 5.69 Å². The van der Waals surface area contributed by atoms with Gasteiger partial charge in [0.2, 0.25) is 0 Å². The molecule has 0 spiro atoms. The van der Waals surface area contributed by atoms with Crippen LogP contribution in [0, 0.1) is 6.92 Å². The van der Waals surface area contributed by atoms with Gasteiger partial charge in [-0.1, -0.05) is 11.8 Å². The Morgan fingerprint density at radius 2 is 2.26 bits per heavy atom. The number of hydrogen-bond acceptors (Lipinski definition) is 4. The molecule has 1 fully saturated rings. The zero-order chi connectivity index (χ0) is 13.6. The van der Waals surface area contributed by atoms with Gasteiger partial charge in [0.1, 0.15) is 0 Å². The minimum Gasteiger partial charge on any atom is -0.270 e. The van der Waals surface area contributed by atoms with Gasteiger partial charge in [0, 0.05) is 18.8 Å². The number of nitrogens with one attached hydrogen (secondary N) is 1. The third-order valence-electron chi connectivity index (χ3n) is 3.18. The molecule has 1 aliphatic carbocycles. The summed E-state index contributed by atoms with van der Waals surface area (Å²) >= 11 is 5.11. The molecule has 1 N–H and O–H groups in total. The smallest absolute Gasteiger partial charge is 0.270 e. The van der Waals surface area contributed by atoms with Crippen molar-refractivity contribution >= 4 is 27.7 Å². The Morgan fingerprint density at radius 3 is 2.84 bits per heavy atom. The Labute approximate surface area is 122 Å². The van der Waals surface area contributed by atoms with Crippen LogP contribution in [0.15, 0.2) is 14.4 Å². The first-order valence-corrected chi connectivity index (χ1v) is 7.83. The maximum absolute atomic E-state index is 11.7. The van der Waals surface area contributed by atoms with Crippen molar-refractivity contribution in [2.75, 3.05) is 0 Å². The maximum Gasteiger partial charge on any atom is 0.344 e. The van der Waals surface area contributed by atoms with E-state index in [1.807, 2.05) is 18.7 Å². The van der Waals surface area contributed by atoms with E-state index in [4.69, 9.17) is 0 Å². The van der Waals surface area contributed by atoms with E-state index in [0.717, 1.165) is 39.6 Å². The van der Waals surface area contributed by atoms with Crippen LogP contribution in [0.25, 0.3) is 0 Å². The summed E-state index contributed by atoms with van der Waals surface area (Å²) in [5, 5.41) is 11.8. The molecule has 2 aromatic rings. The molecule has 0 saturated heterocycles. The first-order valence-electron chi connectivity index (χ1n) is 6.05. The molecule has 102 valence electrons. The lowest BCUT2D eigenvalue weighted by atomic mass is 10.4. The predicted octanol–water partition coefficient (Wildman–Crippen LogP) is 2.00. The molecule has 8 heteroatoms. The minimum absolute atomic E-state index is 0.106. The molecule has 0 aromatic carbocycles. The zero-order valence-corrected chi connectivity index (χ0v) is 13.1. The van der Waals surface area contributed by atoms with Gasteiger partial charge >= 0.3 is 5.69 Å². The van der Waals surface area contributed by atoms with E-state index in [0.29, 0.717) is 6.04 Å². The van der Waals surface area contributed by atoms with E-state index in [2.05, 4.69) is 31.2 Å². The van der Waals surface area contributed by atoms with Gasteiger partial charge in [-0.05, 0) is 35.7 Å². The van der Waals surface area contributed by atoms with E-state index in [9.17, 15) is 4.79 Å². The van der Waals surface area contributed by atoms with Crippen LogP contribution < -0.4 is 5.69 Å². The van der Waals surface area contributed by atoms with Crippen LogP contribution in [0.4, 0.5) is 0 Å². The van der Waals surface area contributed by atoms with Gasteiger partial charge in [-0.3, -0.25) is 9.25 Å². The molecular weight excluding hydrogens is 330 g/mol. The highest BCUT2D eigenvalue weighted by atomic mass is 79.9. The van der Waals surface area contributed by atoms with Crippen LogP contribution in [0.2, 0.25) is 0 Å². The maximum atomic E-state index is 11.7. The Morgan fingerprint density at radius 1 is 1.53 bits per heavy atom. The highest BCUT2D eigenvalue weighted by Gasteiger charge is 2.28. The average Bonchev–Trinajstić information content (AvgIpc) is 3.08. The molecule has 0 bridgehead atoms. The Balaban J connectivity index is 1.81. The molecule has 0 unspecified atom stereocenters. The monoisotopic (exact) mass is 343 g/mol. The van der Waals surface area contributed by atoms with Gasteiger partial charge in [0.15, 0.2) is 5.16 Å². The van der Waals surface area contributed by atoms with Crippen molar-refractivity contribution in [1.29, 1.82) is 0 Å². The lowest BCUT2D eigenvalue weighted by molar-refractivity contribution is 0.642. The topological polar surface area (TPSA) is 68.5 Å². The van der Waals surface area contributed by atoms with Gasteiger partial charge in [0.05, 0.1) is 15.9 Å². The molecule has 1 saturated carbocycles. The highest BCUT2D eigenvalue weighted by molar-refractivity contribution is 9.10. The molecule has 3 rings (SSSR count). The highest BCUT2D eigenvalue weighted by Crippen LogP contribution is 2.37. The van der Waals surface area contributed by atoms with Crippen LogP contribution in [-0.2, 0) is 12.8 Å². The molecule has 6 nitrogen and oxygen atoms in total. The van der Waals surface area contributed by atoms with Gasteiger partial charge in [-0.2, -0.15) is 5.10 Å². The minimum atomic E-state index is -0.106. The van der Waals surface area contributed by atoms with Crippen LogP contribution in [0.5, 0.6) is 0 Å².